The third-order valence-electron chi connectivity index (χ3n) is 6.07. The summed E-state index contributed by atoms with van der Waals surface area (Å²) in [6.07, 6.45) is 8.80. The van der Waals surface area contributed by atoms with Crippen molar-refractivity contribution in [3.05, 3.63) is 86.7 Å². The first kappa shape index (κ1) is 17.9. The van der Waals surface area contributed by atoms with Gasteiger partial charge in [-0.1, -0.05) is 6.07 Å². The lowest BCUT2D eigenvalue weighted by molar-refractivity contribution is 0.297. The first-order chi connectivity index (χ1) is 14.1. The Morgan fingerprint density at radius 2 is 1.72 bits per heavy atom. The molecule has 5 heterocycles. The molecule has 0 saturated carbocycles. The summed E-state index contributed by atoms with van der Waals surface area (Å²) in [4.78, 5) is 35.9. The van der Waals surface area contributed by atoms with Gasteiger partial charge in [-0.2, -0.15) is 5.10 Å². The molecule has 0 radical (unpaired) electrons. The van der Waals surface area contributed by atoms with Gasteiger partial charge in [-0.05, 0) is 48.7 Å². The van der Waals surface area contributed by atoms with Gasteiger partial charge in [0.15, 0.2) is 0 Å². The monoisotopic (exact) mass is 390 g/mol. The fraction of sp³-hybridized carbons (Fsp3) is 0.381. The van der Waals surface area contributed by atoms with E-state index in [0.717, 1.165) is 43.9 Å². The minimum absolute atomic E-state index is 0.172. The largest absolute Gasteiger partial charge is 0.332 e. The average molecular weight is 390 g/mol. The van der Waals surface area contributed by atoms with E-state index in [2.05, 4.69) is 20.9 Å². The molecule has 1 fully saturated rings. The molecule has 0 bridgehead atoms. The number of rotatable bonds is 4. The van der Waals surface area contributed by atoms with Crippen LogP contribution in [0.15, 0.2) is 58.6 Å². The van der Waals surface area contributed by atoms with Crippen LogP contribution in [0.1, 0.15) is 29.8 Å². The summed E-state index contributed by atoms with van der Waals surface area (Å²) in [6, 6.07) is 7.69. The molecule has 8 nitrogen and oxygen atoms in total. The van der Waals surface area contributed by atoms with Crippen molar-refractivity contribution in [2.24, 2.45) is 0 Å². The van der Waals surface area contributed by atoms with E-state index in [-0.39, 0.29) is 12.0 Å². The van der Waals surface area contributed by atoms with Crippen LogP contribution in [0.2, 0.25) is 0 Å². The van der Waals surface area contributed by atoms with Crippen molar-refractivity contribution in [3.63, 3.8) is 0 Å². The number of likely N-dealkylation sites (tertiary alicyclic amines) is 1. The minimum atomic E-state index is -0.562. The third kappa shape index (κ3) is 3.19. The van der Waals surface area contributed by atoms with Crippen molar-refractivity contribution in [3.8, 4) is 0 Å². The molecule has 0 amide bonds. The standard InChI is InChI=1S/C21H22N6O2/c28-18-19(29)27(14-16-3-8-22-9-4-16)24-20-21(6-11-26(18)20)5-10-25(15-21)13-17-2-1-7-23-12-17/h1-4,7-9,12H,5-6,10-11,13-15H2/t21-/m0/s1. The molecule has 8 heteroatoms. The molecule has 148 valence electrons. The summed E-state index contributed by atoms with van der Waals surface area (Å²) in [5.74, 6) is 0.754. The Balaban J connectivity index is 1.46. The Morgan fingerprint density at radius 1 is 0.897 bits per heavy atom. The van der Waals surface area contributed by atoms with E-state index in [0.29, 0.717) is 6.54 Å². The topological polar surface area (TPSA) is 85.9 Å². The molecule has 0 aliphatic carbocycles. The van der Waals surface area contributed by atoms with Crippen molar-refractivity contribution in [2.75, 3.05) is 13.1 Å². The van der Waals surface area contributed by atoms with Crippen molar-refractivity contribution >= 4 is 0 Å². The predicted molar refractivity (Wildman–Crippen MR) is 107 cm³/mol. The second kappa shape index (κ2) is 7.04. The SMILES string of the molecule is O=c1c(=O)n2c(nn1Cc1ccncc1)[C@@]1(CCN(Cc3cccnc3)C1)CC2. The predicted octanol–water partition coefficient (Wildman–Crippen LogP) is 0.791. The van der Waals surface area contributed by atoms with Gasteiger partial charge >= 0.3 is 11.1 Å². The maximum Gasteiger partial charge on any atom is 0.332 e. The third-order valence-corrected chi connectivity index (χ3v) is 6.07. The molecule has 5 rings (SSSR count). The molecule has 0 N–H and O–H groups in total. The van der Waals surface area contributed by atoms with Crippen LogP contribution < -0.4 is 11.1 Å². The van der Waals surface area contributed by atoms with Crippen LogP contribution in [0.4, 0.5) is 0 Å². The van der Waals surface area contributed by atoms with Crippen molar-refractivity contribution in [2.45, 2.75) is 37.9 Å². The minimum Gasteiger partial charge on any atom is -0.298 e. The number of aromatic nitrogens is 5. The van der Waals surface area contributed by atoms with Gasteiger partial charge in [-0.3, -0.25) is 29.0 Å². The van der Waals surface area contributed by atoms with E-state index in [1.807, 2.05) is 24.4 Å². The molecule has 1 saturated heterocycles. The highest BCUT2D eigenvalue weighted by atomic mass is 16.2. The molecule has 0 unspecified atom stereocenters. The maximum atomic E-state index is 12.7. The number of hydrogen-bond donors (Lipinski definition) is 0. The summed E-state index contributed by atoms with van der Waals surface area (Å²) in [6.45, 7) is 3.44. The Hall–Kier alpha value is -3.13. The van der Waals surface area contributed by atoms with Crippen LogP contribution >= 0.6 is 0 Å². The first-order valence-corrected chi connectivity index (χ1v) is 9.87. The van der Waals surface area contributed by atoms with Crippen LogP contribution in [0.25, 0.3) is 0 Å². The van der Waals surface area contributed by atoms with Crippen LogP contribution in [-0.2, 0) is 25.0 Å². The van der Waals surface area contributed by atoms with Gasteiger partial charge in [-0.15, -0.1) is 0 Å². The van der Waals surface area contributed by atoms with Crippen LogP contribution in [-0.4, -0.2) is 42.3 Å². The summed E-state index contributed by atoms with van der Waals surface area (Å²) in [5, 5.41) is 4.69. The highest BCUT2D eigenvalue weighted by molar-refractivity contribution is 5.19. The van der Waals surface area contributed by atoms with Gasteiger partial charge < -0.3 is 0 Å². The van der Waals surface area contributed by atoms with Crippen molar-refractivity contribution in [1.82, 2.24) is 29.2 Å². The lowest BCUT2D eigenvalue weighted by Gasteiger charge is -2.23. The van der Waals surface area contributed by atoms with Gasteiger partial charge in [-0.25, -0.2) is 4.68 Å². The molecule has 1 atom stereocenters. The van der Waals surface area contributed by atoms with Crippen molar-refractivity contribution < 1.29 is 0 Å². The van der Waals surface area contributed by atoms with Gasteiger partial charge in [0, 0.05) is 49.8 Å². The molecular formula is C21H22N6O2. The van der Waals surface area contributed by atoms with Crippen LogP contribution in [0.5, 0.6) is 0 Å². The normalized spacial score (nSPS) is 21.0. The van der Waals surface area contributed by atoms with E-state index in [4.69, 9.17) is 5.10 Å². The summed E-state index contributed by atoms with van der Waals surface area (Å²) < 4.78 is 2.92. The second-order valence-electron chi connectivity index (χ2n) is 7.95. The zero-order chi connectivity index (χ0) is 19.8. The van der Waals surface area contributed by atoms with E-state index in [9.17, 15) is 9.59 Å². The summed E-state index contributed by atoms with van der Waals surface area (Å²) in [7, 11) is 0. The average Bonchev–Trinajstić information content (AvgIpc) is 3.32. The summed E-state index contributed by atoms with van der Waals surface area (Å²) >= 11 is 0. The lowest BCUT2D eigenvalue weighted by Crippen LogP contribution is -2.45. The number of hydrogen-bond acceptors (Lipinski definition) is 6. The Bertz CT molecular complexity index is 1140. The fourth-order valence-electron chi connectivity index (χ4n) is 4.57. The van der Waals surface area contributed by atoms with E-state index in [1.165, 1.54) is 10.2 Å². The van der Waals surface area contributed by atoms with E-state index >= 15 is 0 Å². The van der Waals surface area contributed by atoms with Gasteiger partial charge in [0.2, 0.25) is 0 Å². The maximum absolute atomic E-state index is 12.7. The number of fused-ring (bicyclic) bond motifs is 2. The molecule has 29 heavy (non-hydrogen) atoms. The summed E-state index contributed by atoms with van der Waals surface area (Å²) in [5.41, 5.74) is 0.875. The Labute approximate surface area is 167 Å². The highest BCUT2D eigenvalue weighted by Crippen LogP contribution is 2.40. The molecular weight excluding hydrogens is 368 g/mol. The molecule has 1 spiro atoms. The molecule has 3 aromatic rings. The van der Waals surface area contributed by atoms with Gasteiger partial charge in [0.1, 0.15) is 5.82 Å². The quantitative estimate of drug-likeness (QED) is 0.613. The zero-order valence-electron chi connectivity index (χ0n) is 16.1. The Morgan fingerprint density at radius 3 is 2.52 bits per heavy atom. The lowest BCUT2D eigenvalue weighted by atomic mass is 9.85. The Kier molecular flexibility index (Phi) is 4.35. The van der Waals surface area contributed by atoms with Gasteiger partial charge in [0.25, 0.3) is 0 Å². The fourth-order valence-corrected chi connectivity index (χ4v) is 4.57. The molecule has 3 aromatic heterocycles. The van der Waals surface area contributed by atoms with Gasteiger partial charge in [0.05, 0.1) is 6.54 Å². The second-order valence-corrected chi connectivity index (χ2v) is 7.95. The smallest absolute Gasteiger partial charge is 0.298 e. The molecule has 2 aliphatic rings. The first-order valence-electron chi connectivity index (χ1n) is 9.87. The molecule has 0 aromatic carbocycles. The van der Waals surface area contributed by atoms with Crippen molar-refractivity contribution in [1.29, 1.82) is 0 Å². The van der Waals surface area contributed by atoms with Crippen LogP contribution in [0.3, 0.4) is 0 Å². The molecule has 2 aliphatic heterocycles. The van der Waals surface area contributed by atoms with E-state index < -0.39 is 11.1 Å². The van der Waals surface area contributed by atoms with Crippen LogP contribution in [0, 0.1) is 0 Å². The van der Waals surface area contributed by atoms with E-state index in [1.54, 1.807) is 23.2 Å². The zero-order valence-corrected chi connectivity index (χ0v) is 16.1. The number of nitrogens with zero attached hydrogens (tertiary/aromatic N) is 6. The highest BCUT2D eigenvalue weighted by Gasteiger charge is 2.47. The number of pyridine rings is 2.